The third kappa shape index (κ3) is 4.22. The number of benzene rings is 2. The molecule has 1 amide bonds. The van der Waals surface area contributed by atoms with Crippen LogP contribution < -0.4 is 9.64 Å². The third-order valence-electron chi connectivity index (χ3n) is 5.70. The van der Waals surface area contributed by atoms with Gasteiger partial charge in [0.1, 0.15) is 12.4 Å². The summed E-state index contributed by atoms with van der Waals surface area (Å²) >= 11 is 0. The summed E-state index contributed by atoms with van der Waals surface area (Å²) < 4.78 is 10.9. The Morgan fingerprint density at radius 2 is 1.76 bits per heavy atom. The Morgan fingerprint density at radius 1 is 1.06 bits per heavy atom. The van der Waals surface area contributed by atoms with Crippen molar-refractivity contribution in [2.45, 2.75) is 26.8 Å². The highest BCUT2D eigenvalue weighted by Gasteiger charge is 2.47. The highest BCUT2D eigenvalue weighted by Crippen LogP contribution is 2.46. The van der Waals surface area contributed by atoms with Gasteiger partial charge < -0.3 is 19.4 Å². The first kappa shape index (κ1) is 23.3. The van der Waals surface area contributed by atoms with Crippen LogP contribution in [0.2, 0.25) is 0 Å². The smallest absolute Gasteiger partial charge is 0.294 e. The van der Waals surface area contributed by atoms with Crippen molar-refractivity contribution < 1.29 is 29.0 Å². The number of ether oxygens (including phenoxy) is 1. The number of hydrogen-bond acceptors (Lipinski definition) is 6. The number of ketones is 1. The maximum Gasteiger partial charge on any atom is 0.294 e. The largest absolute Gasteiger partial charge is 0.503 e. The van der Waals surface area contributed by atoms with Crippen molar-refractivity contribution in [3.05, 3.63) is 84.0 Å². The molecule has 1 unspecified atom stereocenters. The van der Waals surface area contributed by atoms with Gasteiger partial charge in [0.25, 0.3) is 5.91 Å². The molecule has 2 N–H and O–H groups in total. The molecule has 7 nitrogen and oxygen atoms in total. The number of aliphatic hydroxyl groups excluding tert-OH is 2. The fourth-order valence-electron chi connectivity index (χ4n) is 4.04. The SMILES string of the molecule is CC(C)(C)C(=O)C1=C(O)C(=O)N(c2ccc(-c3ccoc3)cc2)C1c1ccccc1OCCO. The van der Waals surface area contributed by atoms with Crippen molar-refractivity contribution in [2.75, 3.05) is 18.1 Å². The summed E-state index contributed by atoms with van der Waals surface area (Å²) in [7, 11) is 0. The molecule has 1 atom stereocenters. The Balaban J connectivity index is 1.84. The molecule has 34 heavy (non-hydrogen) atoms. The van der Waals surface area contributed by atoms with E-state index in [1.54, 1.807) is 69.7 Å². The van der Waals surface area contributed by atoms with Crippen LogP contribution in [-0.2, 0) is 9.59 Å². The zero-order valence-corrected chi connectivity index (χ0v) is 19.3. The van der Waals surface area contributed by atoms with Crippen molar-refractivity contribution in [3.63, 3.8) is 0 Å². The van der Waals surface area contributed by atoms with Crippen LogP contribution >= 0.6 is 0 Å². The zero-order valence-electron chi connectivity index (χ0n) is 19.3. The van der Waals surface area contributed by atoms with Gasteiger partial charge in [0.2, 0.25) is 0 Å². The molecule has 3 aromatic rings. The van der Waals surface area contributed by atoms with Crippen LogP contribution in [0.5, 0.6) is 5.75 Å². The summed E-state index contributed by atoms with van der Waals surface area (Å²) in [6.07, 6.45) is 3.21. The predicted molar refractivity (Wildman–Crippen MR) is 128 cm³/mol. The number of Topliss-reactive ketones (excluding diaryl/α,β-unsaturated/α-hetero) is 1. The zero-order chi connectivity index (χ0) is 24.5. The number of aliphatic hydroxyl groups is 2. The van der Waals surface area contributed by atoms with E-state index >= 15 is 0 Å². The number of carbonyl (C=O) groups is 2. The number of hydrogen-bond donors (Lipinski definition) is 2. The Kier molecular flexibility index (Phi) is 6.30. The maximum absolute atomic E-state index is 13.4. The molecular formula is C27H27NO6. The van der Waals surface area contributed by atoms with E-state index in [1.165, 1.54) is 4.90 Å². The van der Waals surface area contributed by atoms with Gasteiger partial charge in [0.15, 0.2) is 11.5 Å². The lowest BCUT2D eigenvalue weighted by Gasteiger charge is -2.30. The molecule has 0 saturated heterocycles. The molecule has 0 aliphatic carbocycles. The molecule has 0 radical (unpaired) electrons. The minimum Gasteiger partial charge on any atom is -0.503 e. The summed E-state index contributed by atoms with van der Waals surface area (Å²) in [6, 6.07) is 15.2. The van der Waals surface area contributed by atoms with Crippen LogP contribution in [0.1, 0.15) is 32.4 Å². The van der Waals surface area contributed by atoms with Gasteiger partial charge in [0, 0.05) is 22.2 Å². The molecule has 0 saturated carbocycles. The van der Waals surface area contributed by atoms with Crippen LogP contribution in [0.3, 0.4) is 0 Å². The molecule has 176 valence electrons. The number of furan rings is 1. The van der Waals surface area contributed by atoms with Crippen LogP contribution in [0.25, 0.3) is 11.1 Å². The summed E-state index contributed by atoms with van der Waals surface area (Å²) in [6.45, 7) is 5.09. The Labute approximate surface area is 197 Å². The molecule has 1 aromatic heterocycles. The number of nitrogens with zero attached hydrogens (tertiary/aromatic N) is 1. The number of rotatable bonds is 7. The monoisotopic (exact) mass is 461 g/mol. The van der Waals surface area contributed by atoms with E-state index in [4.69, 9.17) is 9.15 Å². The number of amides is 1. The van der Waals surface area contributed by atoms with E-state index in [2.05, 4.69) is 0 Å². The lowest BCUT2D eigenvalue weighted by Crippen LogP contribution is -2.33. The molecule has 0 bridgehead atoms. The molecular weight excluding hydrogens is 434 g/mol. The van der Waals surface area contributed by atoms with E-state index in [-0.39, 0.29) is 24.6 Å². The second-order valence-corrected chi connectivity index (χ2v) is 9.09. The van der Waals surface area contributed by atoms with Crippen molar-refractivity contribution >= 4 is 17.4 Å². The first-order valence-electron chi connectivity index (χ1n) is 11.0. The minimum absolute atomic E-state index is 0.0245. The van der Waals surface area contributed by atoms with Crippen molar-refractivity contribution in [2.24, 2.45) is 5.41 Å². The van der Waals surface area contributed by atoms with Gasteiger partial charge in [-0.05, 0) is 29.8 Å². The van der Waals surface area contributed by atoms with E-state index in [1.807, 2.05) is 18.2 Å². The van der Waals surface area contributed by atoms with Crippen molar-refractivity contribution in [1.82, 2.24) is 0 Å². The lowest BCUT2D eigenvalue weighted by atomic mass is 9.82. The summed E-state index contributed by atoms with van der Waals surface area (Å²) in [5.74, 6) is -1.15. The Morgan fingerprint density at radius 3 is 2.38 bits per heavy atom. The second kappa shape index (κ2) is 9.19. The normalized spacial score (nSPS) is 16.3. The average Bonchev–Trinajstić information content (AvgIpc) is 3.44. The van der Waals surface area contributed by atoms with E-state index in [0.717, 1.165) is 11.1 Å². The fraction of sp³-hybridized carbons (Fsp3) is 0.259. The van der Waals surface area contributed by atoms with Crippen LogP contribution in [0.4, 0.5) is 5.69 Å². The summed E-state index contributed by atoms with van der Waals surface area (Å²) in [4.78, 5) is 28.2. The van der Waals surface area contributed by atoms with Gasteiger partial charge in [0.05, 0.1) is 30.7 Å². The Hall–Kier alpha value is -3.84. The van der Waals surface area contributed by atoms with Gasteiger partial charge in [-0.15, -0.1) is 0 Å². The van der Waals surface area contributed by atoms with Gasteiger partial charge in [-0.25, -0.2) is 0 Å². The van der Waals surface area contributed by atoms with Crippen molar-refractivity contribution in [1.29, 1.82) is 0 Å². The molecule has 4 rings (SSSR count). The lowest BCUT2D eigenvalue weighted by molar-refractivity contribution is -0.123. The number of carbonyl (C=O) groups excluding carboxylic acids is 2. The minimum atomic E-state index is -0.895. The topological polar surface area (TPSA) is 100 Å². The van der Waals surface area contributed by atoms with Crippen LogP contribution in [-0.4, -0.2) is 35.1 Å². The number of para-hydroxylation sites is 1. The molecule has 1 aliphatic heterocycles. The highest BCUT2D eigenvalue weighted by atomic mass is 16.5. The third-order valence-corrected chi connectivity index (χ3v) is 5.70. The molecule has 2 heterocycles. The molecule has 1 aliphatic rings. The van der Waals surface area contributed by atoms with Crippen LogP contribution in [0.15, 0.2) is 82.9 Å². The first-order valence-corrected chi connectivity index (χ1v) is 11.0. The van der Waals surface area contributed by atoms with Gasteiger partial charge in [-0.2, -0.15) is 0 Å². The molecule has 7 heteroatoms. The van der Waals surface area contributed by atoms with E-state index in [0.29, 0.717) is 17.0 Å². The fourth-order valence-corrected chi connectivity index (χ4v) is 4.04. The molecule has 0 spiro atoms. The quantitative estimate of drug-likeness (QED) is 0.523. The summed E-state index contributed by atoms with van der Waals surface area (Å²) in [5, 5.41) is 20.2. The standard InChI is InChI=1S/C27H27NO6/c1-27(2,3)25(31)22-23(20-6-4-5-7-21(20)34-15-13-29)28(26(32)24(22)30)19-10-8-17(9-11-19)18-12-14-33-16-18/h4-12,14,16,23,29-30H,13,15H2,1-3H3. The average molecular weight is 462 g/mol. The van der Waals surface area contributed by atoms with Gasteiger partial charge in [-0.1, -0.05) is 51.1 Å². The molecule has 2 aromatic carbocycles. The van der Waals surface area contributed by atoms with E-state index in [9.17, 15) is 19.8 Å². The first-order chi connectivity index (χ1) is 16.2. The summed E-state index contributed by atoms with van der Waals surface area (Å²) in [5.41, 5.74) is 2.04. The number of anilines is 1. The maximum atomic E-state index is 13.4. The van der Waals surface area contributed by atoms with Gasteiger partial charge in [-0.3, -0.25) is 14.5 Å². The second-order valence-electron chi connectivity index (χ2n) is 9.09. The highest BCUT2D eigenvalue weighted by molar-refractivity contribution is 6.17. The van der Waals surface area contributed by atoms with Crippen LogP contribution in [0, 0.1) is 5.41 Å². The Bertz CT molecular complexity index is 1220. The molecule has 0 fully saturated rings. The predicted octanol–water partition coefficient (Wildman–Crippen LogP) is 4.83. The van der Waals surface area contributed by atoms with Crippen molar-refractivity contribution in [3.8, 4) is 16.9 Å². The van der Waals surface area contributed by atoms with E-state index < -0.39 is 23.1 Å². The van der Waals surface area contributed by atoms with Gasteiger partial charge >= 0.3 is 0 Å².